The SMILES string of the molecule is CCCCCCCC1CC(CCCCCC)CC(CCCCCCCC(=O)O)C1CCCCCCCCC(=O)O. The molecule has 1 aliphatic rings. The van der Waals surface area contributed by atoms with Crippen LogP contribution in [0.3, 0.4) is 0 Å². The van der Waals surface area contributed by atoms with Gasteiger partial charge in [-0.2, -0.15) is 0 Å². The fourth-order valence-electron chi connectivity index (χ4n) is 7.50. The number of aliphatic carboxylic acids is 2. The molecule has 1 saturated carbocycles. The lowest BCUT2D eigenvalue weighted by molar-refractivity contribution is -0.138. The van der Waals surface area contributed by atoms with E-state index in [0.29, 0.717) is 12.8 Å². The van der Waals surface area contributed by atoms with E-state index in [1.807, 2.05) is 0 Å². The van der Waals surface area contributed by atoms with Crippen molar-refractivity contribution in [2.24, 2.45) is 23.7 Å². The molecule has 0 amide bonds. The standard InChI is InChI=1S/C36H68O4/c1-3-5-7-12-18-24-32-29-31(23-17-8-6-4-2)30-33(25-19-13-11-16-22-28-36(39)40)34(32)26-20-14-9-10-15-21-27-35(37)38/h31-34H,3-30H2,1-2H3,(H,37,38)(H,39,40). The maximum absolute atomic E-state index is 10.8. The Morgan fingerprint density at radius 3 is 1.27 bits per heavy atom. The van der Waals surface area contributed by atoms with E-state index >= 15 is 0 Å². The van der Waals surface area contributed by atoms with Crippen LogP contribution in [0.4, 0.5) is 0 Å². The molecule has 2 N–H and O–H groups in total. The Labute approximate surface area is 248 Å². The summed E-state index contributed by atoms with van der Waals surface area (Å²) >= 11 is 0. The van der Waals surface area contributed by atoms with Crippen LogP contribution in [-0.4, -0.2) is 22.2 Å². The fraction of sp³-hybridized carbons (Fsp3) is 0.944. The molecule has 0 radical (unpaired) electrons. The minimum Gasteiger partial charge on any atom is -0.481 e. The van der Waals surface area contributed by atoms with Gasteiger partial charge in [-0.25, -0.2) is 0 Å². The molecule has 4 heteroatoms. The molecule has 0 aromatic carbocycles. The number of hydrogen-bond acceptors (Lipinski definition) is 2. The second-order valence-electron chi connectivity index (χ2n) is 13.3. The van der Waals surface area contributed by atoms with Crippen molar-refractivity contribution in [3.8, 4) is 0 Å². The molecule has 4 atom stereocenters. The topological polar surface area (TPSA) is 74.6 Å². The zero-order chi connectivity index (χ0) is 29.3. The first-order valence-corrected chi connectivity index (χ1v) is 17.9. The molecule has 4 nitrogen and oxygen atoms in total. The average Bonchev–Trinajstić information content (AvgIpc) is 2.92. The zero-order valence-corrected chi connectivity index (χ0v) is 26.8. The molecule has 236 valence electrons. The van der Waals surface area contributed by atoms with Crippen LogP contribution in [0.15, 0.2) is 0 Å². The van der Waals surface area contributed by atoms with Gasteiger partial charge in [-0.3, -0.25) is 9.59 Å². The average molecular weight is 565 g/mol. The van der Waals surface area contributed by atoms with Gasteiger partial charge >= 0.3 is 11.9 Å². The number of hydrogen-bond donors (Lipinski definition) is 2. The summed E-state index contributed by atoms with van der Waals surface area (Å²) in [4.78, 5) is 21.6. The summed E-state index contributed by atoms with van der Waals surface area (Å²) in [6.07, 6.45) is 34.4. The first-order valence-electron chi connectivity index (χ1n) is 17.9. The zero-order valence-electron chi connectivity index (χ0n) is 26.8. The molecule has 0 aromatic rings. The summed E-state index contributed by atoms with van der Waals surface area (Å²) in [7, 11) is 0. The van der Waals surface area contributed by atoms with Crippen molar-refractivity contribution in [1.29, 1.82) is 0 Å². The van der Waals surface area contributed by atoms with Crippen LogP contribution in [0.2, 0.25) is 0 Å². The van der Waals surface area contributed by atoms with Crippen LogP contribution in [0.5, 0.6) is 0 Å². The minimum atomic E-state index is -0.659. The van der Waals surface area contributed by atoms with Crippen LogP contribution in [0, 0.1) is 23.7 Å². The minimum absolute atomic E-state index is 0.322. The van der Waals surface area contributed by atoms with Crippen molar-refractivity contribution < 1.29 is 19.8 Å². The Bertz CT molecular complexity index is 604. The Hall–Kier alpha value is -1.06. The van der Waals surface area contributed by atoms with E-state index in [1.165, 1.54) is 141 Å². The van der Waals surface area contributed by atoms with Gasteiger partial charge in [0, 0.05) is 12.8 Å². The van der Waals surface area contributed by atoms with E-state index in [-0.39, 0.29) is 0 Å². The molecule has 0 aromatic heterocycles. The number of carbonyl (C=O) groups is 2. The molecule has 4 unspecified atom stereocenters. The largest absolute Gasteiger partial charge is 0.481 e. The summed E-state index contributed by atoms with van der Waals surface area (Å²) in [5.74, 6) is 2.33. The van der Waals surface area contributed by atoms with E-state index in [4.69, 9.17) is 10.2 Å². The van der Waals surface area contributed by atoms with Gasteiger partial charge in [-0.15, -0.1) is 0 Å². The Kier molecular flexibility index (Phi) is 23.7. The molecule has 0 spiro atoms. The van der Waals surface area contributed by atoms with Gasteiger partial charge in [-0.05, 0) is 55.8 Å². The Morgan fingerprint density at radius 2 is 0.825 bits per heavy atom. The normalized spacial score (nSPS) is 21.1. The number of carboxylic acids is 2. The molecular formula is C36H68O4. The van der Waals surface area contributed by atoms with E-state index in [0.717, 1.165) is 49.4 Å². The highest BCUT2D eigenvalue weighted by molar-refractivity contribution is 5.66. The van der Waals surface area contributed by atoms with Gasteiger partial charge in [0.15, 0.2) is 0 Å². The molecule has 40 heavy (non-hydrogen) atoms. The predicted molar refractivity (Wildman–Crippen MR) is 170 cm³/mol. The molecule has 0 saturated heterocycles. The lowest BCUT2D eigenvalue weighted by Crippen LogP contribution is -2.33. The van der Waals surface area contributed by atoms with Gasteiger partial charge in [0.1, 0.15) is 0 Å². The summed E-state index contributed by atoms with van der Waals surface area (Å²) < 4.78 is 0. The molecule has 1 aliphatic carbocycles. The van der Waals surface area contributed by atoms with Crippen molar-refractivity contribution in [2.75, 3.05) is 0 Å². The number of rotatable bonds is 28. The van der Waals surface area contributed by atoms with Gasteiger partial charge < -0.3 is 10.2 Å². The lowest BCUT2D eigenvalue weighted by Gasteiger charge is -2.43. The van der Waals surface area contributed by atoms with Gasteiger partial charge in [0.05, 0.1) is 0 Å². The molecule has 0 heterocycles. The molecular weight excluding hydrogens is 496 g/mol. The van der Waals surface area contributed by atoms with Gasteiger partial charge in [0.2, 0.25) is 0 Å². The Morgan fingerprint density at radius 1 is 0.475 bits per heavy atom. The lowest BCUT2D eigenvalue weighted by atomic mass is 9.62. The van der Waals surface area contributed by atoms with Crippen molar-refractivity contribution in [3.05, 3.63) is 0 Å². The van der Waals surface area contributed by atoms with Crippen LogP contribution in [-0.2, 0) is 9.59 Å². The third-order valence-electron chi connectivity index (χ3n) is 9.77. The third-order valence-corrected chi connectivity index (χ3v) is 9.77. The molecule has 0 aliphatic heterocycles. The summed E-state index contributed by atoms with van der Waals surface area (Å²) in [5.41, 5.74) is 0. The summed E-state index contributed by atoms with van der Waals surface area (Å²) in [6.45, 7) is 4.62. The van der Waals surface area contributed by atoms with E-state index in [9.17, 15) is 9.59 Å². The number of carboxylic acid groups (broad SMARTS) is 2. The first kappa shape index (κ1) is 37.0. The predicted octanol–water partition coefficient (Wildman–Crippen LogP) is 11.6. The van der Waals surface area contributed by atoms with Crippen molar-refractivity contribution in [3.63, 3.8) is 0 Å². The molecule has 1 fully saturated rings. The van der Waals surface area contributed by atoms with Crippen LogP contribution in [0.1, 0.15) is 194 Å². The maximum atomic E-state index is 10.8. The highest BCUT2D eigenvalue weighted by atomic mass is 16.4. The third kappa shape index (κ3) is 19.9. The highest BCUT2D eigenvalue weighted by Crippen LogP contribution is 2.47. The number of unbranched alkanes of at least 4 members (excludes halogenated alkanes) is 16. The van der Waals surface area contributed by atoms with E-state index in [1.54, 1.807) is 0 Å². The maximum Gasteiger partial charge on any atom is 0.303 e. The summed E-state index contributed by atoms with van der Waals surface area (Å²) in [6, 6.07) is 0. The van der Waals surface area contributed by atoms with Crippen LogP contribution in [0.25, 0.3) is 0 Å². The second-order valence-corrected chi connectivity index (χ2v) is 13.3. The van der Waals surface area contributed by atoms with Crippen LogP contribution < -0.4 is 0 Å². The van der Waals surface area contributed by atoms with Gasteiger partial charge in [0.25, 0.3) is 0 Å². The summed E-state index contributed by atoms with van der Waals surface area (Å²) in [5, 5.41) is 17.8. The fourth-order valence-corrected chi connectivity index (χ4v) is 7.50. The first-order chi connectivity index (χ1) is 19.5. The smallest absolute Gasteiger partial charge is 0.303 e. The Balaban J connectivity index is 2.66. The monoisotopic (exact) mass is 565 g/mol. The highest BCUT2D eigenvalue weighted by Gasteiger charge is 2.36. The van der Waals surface area contributed by atoms with E-state index in [2.05, 4.69) is 13.8 Å². The van der Waals surface area contributed by atoms with Gasteiger partial charge in [-0.1, -0.05) is 149 Å². The molecule has 1 rings (SSSR count). The molecule has 0 bridgehead atoms. The van der Waals surface area contributed by atoms with Crippen molar-refractivity contribution in [2.45, 2.75) is 194 Å². The second kappa shape index (κ2) is 25.6. The van der Waals surface area contributed by atoms with Crippen LogP contribution >= 0.6 is 0 Å². The van der Waals surface area contributed by atoms with Crippen molar-refractivity contribution >= 4 is 11.9 Å². The van der Waals surface area contributed by atoms with Crippen molar-refractivity contribution in [1.82, 2.24) is 0 Å². The van der Waals surface area contributed by atoms with E-state index < -0.39 is 11.9 Å². The quantitative estimate of drug-likeness (QED) is 0.0927.